The number of anilines is 2. The van der Waals surface area contributed by atoms with Crippen LogP contribution in [0.1, 0.15) is 11.1 Å². The molecule has 0 aliphatic rings. The summed E-state index contributed by atoms with van der Waals surface area (Å²) in [5.74, 6) is 0.0365. The molecule has 20 heavy (non-hydrogen) atoms. The van der Waals surface area contributed by atoms with E-state index in [0.717, 1.165) is 22.2 Å². The van der Waals surface area contributed by atoms with E-state index in [1.165, 1.54) is 0 Å². The summed E-state index contributed by atoms with van der Waals surface area (Å²) in [5, 5.41) is 2.59. The lowest BCUT2D eigenvalue weighted by molar-refractivity contribution is -0.137. The van der Waals surface area contributed by atoms with Crippen molar-refractivity contribution in [2.45, 2.75) is 13.1 Å². The Morgan fingerprint density at radius 2 is 1.90 bits per heavy atom. The van der Waals surface area contributed by atoms with Gasteiger partial charge in [-0.2, -0.15) is 13.2 Å². The smallest absolute Gasteiger partial charge is 0.339 e. The fraction of sp³-hybridized carbons (Fsp3) is 0.154. The molecule has 0 saturated carbocycles. The van der Waals surface area contributed by atoms with Crippen LogP contribution in [0.2, 0.25) is 5.15 Å². The number of rotatable bonds is 2. The molecule has 0 aliphatic heterocycles. The average Bonchev–Trinajstić information content (AvgIpc) is 2.31. The van der Waals surface area contributed by atoms with Crippen LogP contribution in [-0.4, -0.2) is 4.98 Å². The second-order valence-electron chi connectivity index (χ2n) is 4.17. The number of benzene rings is 1. The molecule has 106 valence electrons. The first kappa shape index (κ1) is 15.1. The lowest BCUT2D eigenvalue weighted by Gasteiger charge is -2.12. The second-order valence-corrected chi connectivity index (χ2v) is 5.41. The number of aromatic nitrogens is 1. The third-order valence-corrected chi connectivity index (χ3v) is 3.36. The van der Waals surface area contributed by atoms with Gasteiger partial charge in [0.05, 0.1) is 11.3 Å². The van der Waals surface area contributed by atoms with Gasteiger partial charge in [0, 0.05) is 4.47 Å². The fourth-order valence-electron chi connectivity index (χ4n) is 1.58. The van der Waals surface area contributed by atoms with E-state index in [4.69, 9.17) is 11.6 Å². The van der Waals surface area contributed by atoms with Gasteiger partial charge >= 0.3 is 6.18 Å². The van der Waals surface area contributed by atoms with Gasteiger partial charge in [0.25, 0.3) is 0 Å². The highest BCUT2D eigenvalue weighted by atomic mass is 79.9. The summed E-state index contributed by atoms with van der Waals surface area (Å²) in [6, 6.07) is 7.13. The molecule has 2 rings (SSSR count). The molecule has 1 heterocycles. The Morgan fingerprint density at radius 1 is 1.20 bits per heavy atom. The molecular weight excluding hydrogens is 357 g/mol. The van der Waals surface area contributed by atoms with Gasteiger partial charge in [0.1, 0.15) is 11.0 Å². The van der Waals surface area contributed by atoms with Crippen LogP contribution in [0.5, 0.6) is 0 Å². The summed E-state index contributed by atoms with van der Waals surface area (Å²) in [5.41, 5.74) is 0.791. The van der Waals surface area contributed by atoms with Gasteiger partial charge < -0.3 is 5.32 Å². The molecule has 0 spiro atoms. The summed E-state index contributed by atoms with van der Waals surface area (Å²) in [4.78, 5) is 3.84. The topological polar surface area (TPSA) is 24.9 Å². The van der Waals surface area contributed by atoms with Crippen molar-refractivity contribution in [3.05, 3.63) is 51.1 Å². The number of nitrogens with zero attached hydrogens (tertiary/aromatic N) is 1. The van der Waals surface area contributed by atoms with Crippen molar-refractivity contribution < 1.29 is 13.2 Å². The quantitative estimate of drug-likeness (QED) is 0.704. The molecule has 2 nitrogen and oxygen atoms in total. The summed E-state index contributed by atoms with van der Waals surface area (Å²) in [6.45, 7) is 1.91. The van der Waals surface area contributed by atoms with Gasteiger partial charge in [0.15, 0.2) is 0 Å². The van der Waals surface area contributed by atoms with E-state index in [2.05, 4.69) is 26.2 Å². The van der Waals surface area contributed by atoms with Crippen LogP contribution < -0.4 is 5.32 Å². The zero-order chi connectivity index (χ0) is 14.9. The van der Waals surface area contributed by atoms with Crippen molar-refractivity contribution in [1.82, 2.24) is 4.98 Å². The van der Waals surface area contributed by atoms with Gasteiger partial charge in [0.2, 0.25) is 0 Å². The molecule has 7 heteroatoms. The van der Waals surface area contributed by atoms with E-state index in [9.17, 15) is 13.2 Å². The fourth-order valence-corrected chi connectivity index (χ4v) is 2.39. The van der Waals surface area contributed by atoms with Gasteiger partial charge in [-0.3, -0.25) is 0 Å². The number of aryl methyl sites for hydroxylation is 1. The number of alkyl halides is 3. The van der Waals surface area contributed by atoms with Crippen LogP contribution in [0.4, 0.5) is 24.7 Å². The monoisotopic (exact) mass is 364 g/mol. The van der Waals surface area contributed by atoms with Crippen molar-refractivity contribution in [3.8, 4) is 0 Å². The van der Waals surface area contributed by atoms with Crippen LogP contribution in [-0.2, 0) is 6.18 Å². The maximum atomic E-state index is 12.7. The molecular formula is C13H9BrClF3N2. The predicted octanol–water partition coefficient (Wildman–Crippen LogP) is 5.57. The molecule has 0 bridgehead atoms. The number of pyridine rings is 1. The lowest BCUT2D eigenvalue weighted by atomic mass is 10.2. The summed E-state index contributed by atoms with van der Waals surface area (Å²) >= 11 is 8.96. The van der Waals surface area contributed by atoms with Gasteiger partial charge in [-0.15, -0.1) is 0 Å². The van der Waals surface area contributed by atoms with Crippen LogP contribution in [0, 0.1) is 6.92 Å². The molecule has 0 saturated heterocycles. The van der Waals surface area contributed by atoms with Crippen LogP contribution in [0.15, 0.2) is 34.8 Å². The molecule has 0 aliphatic carbocycles. The predicted molar refractivity (Wildman–Crippen MR) is 76.4 cm³/mol. The highest BCUT2D eigenvalue weighted by Gasteiger charge is 2.31. The molecule has 2 aromatic rings. The third-order valence-electron chi connectivity index (χ3n) is 2.51. The van der Waals surface area contributed by atoms with Gasteiger partial charge in [-0.25, -0.2) is 4.98 Å². The molecule has 1 N–H and O–H groups in total. The Balaban J connectivity index is 2.36. The molecule has 0 atom stereocenters. The summed E-state index contributed by atoms with van der Waals surface area (Å²) in [7, 11) is 0. The van der Waals surface area contributed by atoms with Crippen molar-refractivity contribution in [3.63, 3.8) is 0 Å². The number of nitrogens with one attached hydrogen (secondary N) is 1. The molecule has 1 aromatic carbocycles. The molecule has 0 radical (unpaired) electrons. The average molecular weight is 366 g/mol. The maximum Gasteiger partial charge on any atom is 0.416 e. The Labute approximate surface area is 127 Å². The lowest BCUT2D eigenvalue weighted by Crippen LogP contribution is -2.07. The van der Waals surface area contributed by atoms with E-state index >= 15 is 0 Å². The molecule has 0 amide bonds. The Kier molecular flexibility index (Phi) is 4.25. The van der Waals surface area contributed by atoms with Gasteiger partial charge in [-0.05, 0) is 52.7 Å². The minimum atomic E-state index is -4.46. The minimum Gasteiger partial charge on any atom is -0.339 e. The first-order valence-corrected chi connectivity index (χ1v) is 6.71. The SMILES string of the molecule is Cc1ccc(Nc2cc(C(F)(F)F)cc(Cl)n2)c(Br)c1. The highest BCUT2D eigenvalue weighted by Crippen LogP contribution is 2.33. The van der Waals surface area contributed by atoms with Gasteiger partial charge in [-0.1, -0.05) is 17.7 Å². The van der Waals surface area contributed by atoms with E-state index in [-0.39, 0.29) is 11.0 Å². The normalized spacial score (nSPS) is 11.5. The largest absolute Gasteiger partial charge is 0.416 e. The molecule has 0 fully saturated rings. The molecule has 0 unspecified atom stereocenters. The first-order valence-electron chi connectivity index (χ1n) is 5.53. The van der Waals surface area contributed by atoms with Crippen LogP contribution in [0.3, 0.4) is 0 Å². The van der Waals surface area contributed by atoms with Crippen molar-refractivity contribution >= 4 is 39.0 Å². The number of hydrogen-bond donors (Lipinski definition) is 1. The van der Waals surface area contributed by atoms with E-state index in [0.29, 0.717) is 5.69 Å². The highest BCUT2D eigenvalue weighted by molar-refractivity contribution is 9.10. The first-order chi connectivity index (χ1) is 9.25. The Bertz CT molecular complexity index is 644. The zero-order valence-electron chi connectivity index (χ0n) is 10.2. The van der Waals surface area contributed by atoms with E-state index in [1.54, 1.807) is 6.07 Å². The van der Waals surface area contributed by atoms with Crippen LogP contribution >= 0.6 is 27.5 Å². The van der Waals surface area contributed by atoms with E-state index in [1.807, 2.05) is 19.1 Å². The van der Waals surface area contributed by atoms with Crippen molar-refractivity contribution in [2.24, 2.45) is 0 Å². The minimum absolute atomic E-state index is 0.0365. The Hall–Kier alpha value is -1.27. The van der Waals surface area contributed by atoms with Crippen molar-refractivity contribution in [1.29, 1.82) is 0 Å². The Morgan fingerprint density at radius 3 is 2.50 bits per heavy atom. The van der Waals surface area contributed by atoms with Crippen LogP contribution in [0.25, 0.3) is 0 Å². The standard InChI is InChI=1S/C13H9BrClF3N2/c1-7-2-3-10(9(14)4-7)19-12-6-8(13(16,17)18)5-11(15)20-12/h2-6H,1H3,(H,19,20). The summed E-state index contributed by atoms with van der Waals surface area (Å²) < 4.78 is 38.8. The van der Waals surface area contributed by atoms with E-state index < -0.39 is 11.7 Å². The number of hydrogen-bond acceptors (Lipinski definition) is 2. The van der Waals surface area contributed by atoms with Crippen molar-refractivity contribution in [2.75, 3.05) is 5.32 Å². The number of halogens is 5. The third kappa shape index (κ3) is 3.64. The summed E-state index contributed by atoms with van der Waals surface area (Å²) in [6.07, 6.45) is -4.46. The molecule has 1 aromatic heterocycles. The maximum absolute atomic E-state index is 12.7. The zero-order valence-corrected chi connectivity index (χ0v) is 12.6. The second kappa shape index (κ2) is 5.61.